The van der Waals surface area contributed by atoms with Crippen LogP contribution in [0.15, 0.2) is 11.6 Å². The topological polar surface area (TPSA) is 26.0 Å². The van der Waals surface area contributed by atoms with Crippen molar-refractivity contribution in [3.8, 4) is 0 Å². The molecule has 0 aromatic rings. The summed E-state index contributed by atoms with van der Waals surface area (Å²) < 4.78 is 0. The molecule has 0 aromatic heterocycles. The maximum Gasteiger partial charge on any atom is -0.00203 e. The molecule has 2 fully saturated rings. The molecule has 0 spiro atoms. The molecule has 21 heavy (non-hydrogen) atoms. The van der Waals surface area contributed by atoms with Gasteiger partial charge in [0.05, 0.1) is 0 Å². The average Bonchev–Trinajstić information content (AvgIpc) is 2.46. The highest BCUT2D eigenvalue weighted by Gasteiger charge is 2.54. The SMILES string of the molecule is CC(C)[C@H]1C=C2CCC3[C@@](C)(CN)CCC[C@]3(C)C2CC1. The lowest BCUT2D eigenvalue weighted by atomic mass is 9.45. The lowest BCUT2D eigenvalue weighted by Crippen LogP contribution is -2.53. The first-order valence-electron chi connectivity index (χ1n) is 9.31. The molecular weight excluding hydrogens is 254 g/mol. The van der Waals surface area contributed by atoms with E-state index in [4.69, 9.17) is 5.73 Å². The fourth-order valence-electron chi connectivity index (χ4n) is 6.22. The molecule has 0 radical (unpaired) electrons. The van der Waals surface area contributed by atoms with E-state index in [9.17, 15) is 0 Å². The van der Waals surface area contributed by atoms with E-state index in [-0.39, 0.29) is 0 Å². The van der Waals surface area contributed by atoms with Crippen molar-refractivity contribution in [2.75, 3.05) is 6.54 Å². The first-order chi connectivity index (χ1) is 9.90. The molecule has 1 heteroatoms. The minimum Gasteiger partial charge on any atom is -0.330 e. The quantitative estimate of drug-likeness (QED) is 0.698. The Bertz CT molecular complexity index is 424. The number of rotatable bonds is 2. The van der Waals surface area contributed by atoms with Gasteiger partial charge in [-0.25, -0.2) is 0 Å². The zero-order chi connectivity index (χ0) is 15.3. The number of nitrogens with two attached hydrogens (primary N) is 1. The Hall–Kier alpha value is -0.300. The maximum atomic E-state index is 6.22. The minimum atomic E-state index is 0.396. The van der Waals surface area contributed by atoms with E-state index < -0.39 is 0 Å². The lowest BCUT2D eigenvalue weighted by Gasteiger charge is -2.60. The van der Waals surface area contributed by atoms with E-state index in [0.29, 0.717) is 10.8 Å². The summed E-state index contributed by atoms with van der Waals surface area (Å²) >= 11 is 0. The molecule has 5 atom stereocenters. The third-order valence-electron chi connectivity index (χ3n) is 7.61. The van der Waals surface area contributed by atoms with Gasteiger partial charge in [-0.15, -0.1) is 0 Å². The van der Waals surface area contributed by atoms with Gasteiger partial charge in [0.2, 0.25) is 0 Å². The van der Waals surface area contributed by atoms with Crippen LogP contribution in [-0.4, -0.2) is 6.54 Å². The molecule has 0 aromatic carbocycles. The van der Waals surface area contributed by atoms with Crippen molar-refractivity contribution in [1.82, 2.24) is 0 Å². The van der Waals surface area contributed by atoms with Crippen LogP contribution in [0.1, 0.15) is 72.6 Å². The third-order valence-corrected chi connectivity index (χ3v) is 7.61. The van der Waals surface area contributed by atoms with E-state index in [1.54, 1.807) is 0 Å². The molecule has 120 valence electrons. The summed E-state index contributed by atoms with van der Waals surface area (Å²) in [5.41, 5.74) is 8.96. The summed E-state index contributed by atoms with van der Waals surface area (Å²) in [6.45, 7) is 10.7. The van der Waals surface area contributed by atoms with Crippen LogP contribution in [-0.2, 0) is 0 Å². The summed E-state index contributed by atoms with van der Waals surface area (Å²) in [5, 5.41) is 0. The fraction of sp³-hybridized carbons (Fsp3) is 0.900. The lowest BCUT2D eigenvalue weighted by molar-refractivity contribution is -0.0626. The Morgan fingerprint density at radius 3 is 2.62 bits per heavy atom. The molecule has 3 aliphatic carbocycles. The Morgan fingerprint density at radius 1 is 1.19 bits per heavy atom. The number of hydrogen-bond acceptors (Lipinski definition) is 1. The summed E-state index contributed by atoms with van der Waals surface area (Å²) in [6, 6.07) is 0. The number of fused-ring (bicyclic) bond motifs is 3. The maximum absolute atomic E-state index is 6.22. The highest BCUT2D eigenvalue weighted by atomic mass is 14.7. The monoisotopic (exact) mass is 289 g/mol. The summed E-state index contributed by atoms with van der Waals surface area (Å²) in [4.78, 5) is 0. The number of allylic oxidation sites excluding steroid dienone is 2. The van der Waals surface area contributed by atoms with Crippen LogP contribution in [0.2, 0.25) is 0 Å². The Morgan fingerprint density at radius 2 is 1.95 bits per heavy atom. The van der Waals surface area contributed by atoms with E-state index in [0.717, 1.165) is 30.2 Å². The first kappa shape index (κ1) is 15.6. The van der Waals surface area contributed by atoms with Crippen LogP contribution in [0.4, 0.5) is 0 Å². The van der Waals surface area contributed by atoms with Gasteiger partial charge in [0.15, 0.2) is 0 Å². The summed E-state index contributed by atoms with van der Waals surface area (Å²) in [5.74, 6) is 3.35. The van der Waals surface area contributed by atoms with Crippen LogP contribution in [0, 0.1) is 34.5 Å². The van der Waals surface area contributed by atoms with E-state index in [1.165, 1.54) is 44.9 Å². The molecule has 3 aliphatic rings. The third kappa shape index (κ3) is 2.40. The molecule has 2 saturated carbocycles. The normalized spacial score (nSPS) is 46.8. The Balaban J connectivity index is 1.91. The van der Waals surface area contributed by atoms with Gasteiger partial charge in [-0.3, -0.25) is 0 Å². The van der Waals surface area contributed by atoms with Crippen molar-refractivity contribution in [3.63, 3.8) is 0 Å². The van der Waals surface area contributed by atoms with Crippen LogP contribution >= 0.6 is 0 Å². The second kappa shape index (κ2) is 5.41. The van der Waals surface area contributed by atoms with Gasteiger partial charge in [-0.05, 0) is 79.6 Å². The van der Waals surface area contributed by atoms with Crippen LogP contribution in [0.25, 0.3) is 0 Å². The van der Waals surface area contributed by atoms with Gasteiger partial charge in [-0.2, -0.15) is 0 Å². The molecule has 3 rings (SSSR count). The molecule has 0 bridgehead atoms. The predicted molar refractivity (Wildman–Crippen MR) is 91.0 cm³/mol. The van der Waals surface area contributed by atoms with Gasteiger partial charge in [0.1, 0.15) is 0 Å². The van der Waals surface area contributed by atoms with E-state index in [2.05, 4.69) is 33.8 Å². The van der Waals surface area contributed by atoms with Gasteiger partial charge in [0, 0.05) is 0 Å². The van der Waals surface area contributed by atoms with Crippen molar-refractivity contribution >= 4 is 0 Å². The summed E-state index contributed by atoms with van der Waals surface area (Å²) in [7, 11) is 0. The van der Waals surface area contributed by atoms with Crippen molar-refractivity contribution < 1.29 is 0 Å². The Labute approximate surface area is 131 Å². The standard InChI is InChI=1S/C20H35N/c1-14(2)15-6-8-17-16(12-15)7-9-18-19(3,13-21)10-5-11-20(17,18)4/h12,14-15,17-18H,5-11,13,21H2,1-4H3/t15-,17?,18?,19-,20-/m1/s1. The molecule has 2 N–H and O–H groups in total. The van der Waals surface area contributed by atoms with Gasteiger partial charge >= 0.3 is 0 Å². The zero-order valence-electron chi connectivity index (χ0n) is 14.6. The largest absolute Gasteiger partial charge is 0.330 e. The van der Waals surface area contributed by atoms with Crippen molar-refractivity contribution in [2.24, 2.45) is 40.2 Å². The Kier molecular flexibility index (Phi) is 4.01. The highest BCUT2D eigenvalue weighted by Crippen LogP contribution is 2.63. The average molecular weight is 290 g/mol. The minimum absolute atomic E-state index is 0.396. The fourth-order valence-corrected chi connectivity index (χ4v) is 6.22. The van der Waals surface area contributed by atoms with Gasteiger partial charge in [0.25, 0.3) is 0 Å². The van der Waals surface area contributed by atoms with E-state index >= 15 is 0 Å². The molecule has 2 unspecified atom stereocenters. The van der Waals surface area contributed by atoms with Gasteiger partial charge < -0.3 is 5.73 Å². The second-order valence-corrected chi connectivity index (χ2v) is 9.09. The van der Waals surface area contributed by atoms with Crippen molar-refractivity contribution in [2.45, 2.75) is 72.6 Å². The zero-order valence-corrected chi connectivity index (χ0v) is 14.6. The van der Waals surface area contributed by atoms with Gasteiger partial charge in [-0.1, -0.05) is 45.8 Å². The molecule has 0 saturated heterocycles. The highest BCUT2D eigenvalue weighted by molar-refractivity contribution is 5.22. The number of hydrogen-bond donors (Lipinski definition) is 1. The first-order valence-corrected chi connectivity index (χ1v) is 9.31. The predicted octanol–water partition coefficient (Wildman–Crippen LogP) is 5.16. The van der Waals surface area contributed by atoms with Crippen LogP contribution in [0.3, 0.4) is 0 Å². The van der Waals surface area contributed by atoms with Crippen LogP contribution < -0.4 is 5.73 Å². The molecule has 1 nitrogen and oxygen atoms in total. The van der Waals surface area contributed by atoms with Crippen molar-refractivity contribution in [3.05, 3.63) is 11.6 Å². The molecule has 0 heterocycles. The summed E-state index contributed by atoms with van der Waals surface area (Å²) in [6.07, 6.45) is 12.4. The van der Waals surface area contributed by atoms with Crippen LogP contribution in [0.5, 0.6) is 0 Å². The molecule has 0 amide bonds. The van der Waals surface area contributed by atoms with E-state index in [1.807, 2.05) is 5.57 Å². The van der Waals surface area contributed by atoms with Crippen molar-refractivity contribution in [1.29, 1.82) is 0 Å². The smallest absolute Gasteiger partial charge is 0.00203 e. The molecule has 0 aliphatic heterocycles. The second-order valence-electron chi connectivity index (χ2n) is 9.09. The molecular formula is C20H35N.